The van der Waals surface area contributed by atoms with Crippen molar-refractivity contribution in [2.24, 2.45) is 11.8 Å². The molecule has 0 bridgehead atoms. The molecular formula is C23H19Cl4N3O4. The monoisotopic (exact) mass is 541 g/mol. The lowest BCUT2D eigenvalue weighted by atomic mass is 9.75. The van der Waals surface area contributed by atoms with Crippen LogP contribution in [0, 0.1) is 11.8 Å². The number of halogens is 4. The molecule has 6 atom stereocenters. The van der Waals surface area contributed by atoms with E-state index < -0.39 is 29.5 Å². The number of alkyl halides is 1. The Hall–Kier alpha value is -1.74. The van der Waals surface area contributed by atoms with Gasteiger partial charge in [-0.3, -0.25) is 14.5 Å². The van der Waals surface area contributed by atoms with Crippen molar-refractivity contribution in [2.75, 3.05) is 23.9 Å². The standard InChI is InChI=1S/C23H19Cl4N3O4/c1-34-13-3-9(24)2-12(7-13)30-20(31)17-16-6-11(26)8-29(16)23(18(17)21(30)32)14-4-10(25)5-15(27)19(14)28-22(23)33/h2-5,7,11,16-18,22,28,33H,6,8H2,1H3/t11-,16?,17?,18?,22?,23?/m0/s1. The van der Waals surface area contributed by atoms with Crippen LogP contribution >= 0.6 is 46.4 Å². The molecule has 0 radical (unpaired) electrons. The molecule has 0 aromatic heterocycles. The molecule has 3 fully saturated rings. The van der Waals surface area contributed by atoms with Gasteiger partial charge in [-0.1, -0.05) is 34.8 Å². The number of carbonyl (C=O) groups excluding carboxylic acids is 2. The van der Waals surface area contributed by atoms with Gasteiger partial charge in [0.15, 0.2) is 0 Å². The summed E-state index contributed by atoms with van der Waals surface area (Å²) >= 11 is 25.6. The Morgan fingerprint density at radius 3 is 2.56 bits per heavy atom. The van der Waals surface area contributed by atoms with Crippen LogP contribution in [0.5, 0.6) is 5.75 Å². The third kappa shape index (κ3) is 2.80. The van der Waals surface area contributed by atoms with Gasteiger partial charge in [0.2, 0.25) is 11.8 Å². The summed E-state index contributed by atoms with van der Waals surface area (Å²) in [5, 5.41) is 15.3. The summed E-state index contributed by atoms with van der Waals surface area (Å²) in [6.45, 7) is 0.410. The molecular weight excluding hydrogens is 524 g/mol. The molecule has 1 spiro atoms. The molecule has 34 heavy (non-hydrogen) atoms. The van der Waals surface area contributed by atoms with Crippen LogP contribution in [0.15, 0.2) is 30.3 Å². The van der Waals surface area contributed by atoms with Crippen LogP contribution in [0.3, 0.4) is 0 Å². The molecule has 2 amide bonds. The summed E-state index contributed by atoms with van der Waals surface area (Å²) in [5.74, 6) is -1.95. The highest BCUT2D eigenvalue weighted by Crippen LogP contribution is 2.63. The third-order valence-corrected chi connectivity index (χ3v) is 8.59. The van der Waals surface area contributed by atoms with Crippen LogP contribution in [0.4, 0.5) is 11.4 Å². The second kappa shape index (κ2) is 7.63. The number of methoxy groups -OCH3 is 1. The van der Waals surface area contributed by atoms with Crippen molar-refractivity contribution in [1.29, 1.82) is 0 Å². The van der Waals surface area contributed by atoms with Gasteiger partial charge in [0, 0.05) is 39.6 Å². The number of amides is 2. The Kier molecular flexibility index (Phi) is 5.09. The van der Waals surface area contributed by atoms with Crippen LogP contribution in [-0.4, -0.2) is 53.1 Å². The second-order valence-electron chi connectivity index (χ2n) is 9.10. The molecule has 6 rings (SSSR count). The van der Waals surface area contributed by atoms with Gasteiger partial charge >= 0.3 is 0 Å². The van der Waals surface area contributed by atoms with E-state index in [2.05, 4.69) is 5.32 Å². The zero-order valence-corrected chi connectivity index (χ0v) is 20.8. The molecule has 0 aliphatic carbocycles. The van der Waals surface area contributed by atoms with Crippen LogP contribution in [-0.2, 0) is 15.1 Å². The van der Waals surface area contributed by atoms with Gasteiger partial charge in [0.25, 0.3) is 0 Å². The SMILES string of the molecule is COc1cc(Cl)cc(N2C(=O)C3C4C[C@H](Cl)CN4C4(c5cc(Cl)cc(Cl)c5NC4O)C3C2=O)c1. The Bertz CT molecular complexity index is 1260. The van der Waals surface area contributed by atoms with Crippen molar-refractivity contribution < 1.29 is 19.4 Å². The van der Waals surface area contributed by atoms with E-state index in [-0.39, 0.29) is 17.3 Å². The van der Waals surface area contributed by atoms with E-state index in [1.54, 1.807) is 30.3 Å². The number of carbonyl (C=O) groups is 2. The normalized spacial score (nSPS) is 33.9. The molecule has 0 saturated carbocycles. The highest BCUT2D eigenvalue weighted by atomic mass is 35.5. The quantitative estimate of drug-likeness (QED) is 0.439. The van der Waals surface area contributed by atoms with Gasteiger partial charge in [-0.05, 0) is 30.7 Å². The number of hydrogen-bond donors (Lipinski definition) is 2. The second-order valence-corrected chi connectivity index (χ2v) is 11.0. The van der Waals surface area contributed by atoms with Crippen molar-refractivity contribution in [3.8, 4) is 5.75 Å². The van der Waals surface area contributed by atoms with Gasteiger partial charge in [-0.15, -0.1) is 11.6 Å². The number of anilines is 2. The summed E-state index contributed by atoms with van der Waals surface area (Å²) in [4.78, 5) is 31.1. The number of hydrogen-bond acceptors (Lipinski definition) is 6. The van der Waals surface area contributed by atoms with Crippen molar-refractivity contribution in [2.45, 2.75) is 29.6 Å². The minimum atomic E-state index is -1.26. The number of rotatable bonds is 2. The topological polar surface area (TPSA) is 82.1 Å². The maximum Gasteiger partial charge on any atom is 0.240 e. The minimum Gasteiger partial charge on any atom is -0.497 e. The average molecular weight is 543 g/mol. The van der Waals surface area contributed by atoms with Crippen LogP contribution in [0.1, 0.15) is 12.0 Å². The predicted molar refractivity (Wildman–Crippen MR) is 130 cm³/mol. The molecule has 4 aliphatic rings. The first kappa shape index (κ1) is 22.7. The van der Waals surface area contributed by atoms with E-state index in [9.17, 15) is 14.7 Å². The van der Waals surface area contributed by atoms with E-state index in [1.807, 2.05) is 4.90 Å². The number of nitrogens with one attached hydrogen (secondary N) is 1. The minimum absolute atomic E-state index is 0.239. The summed E-state index contributed by atoms with van der Waals surface area (Å²) in [6, 6.07) is 7.68. The predicted octanol–water partition coefficient (Wildman–Crippen LogP) is 4.10. The van der Waals surface area contributed by atoms with Crippen molar-refractivity contribution >= 4 is 69.6 Å². The molecule has 2 aromatic rings. The first-order valence-electron chi connectivity index (χ1n) is 10.8. The van der Waals surface area contributed by atoms with E-state index in [0.717, 1.165) is 4.90 Å². The fourth-order valence-electron chi connectivity index (χ4n) is 6.43. The molecule has 3 saturated heterocycles. The summed E-state index contributed by atoms with van der Waals surface area (Å²) in [6.07, 6.45) is -0.699. The zero-order valence-electron chi connectivity index (χ0n) is 17.8. The molecule has 7 nitrogen and oxygen atoms in total. The van der Waals surface area contributed by atoms with Crippen molar-refractivity contribution in [3.05, 3.63) is 51.0 Å². The Morgan fingerprint density at radius 2 is 1.82 bits per heavy atom. The maximum atomic E-state index is 14.1. The number of ether oxygens (including phenoxy) is 1. The molecule has 2 N–H and O–H groups in total. The number of fused-ring (bicyclic) bond motifs is 7. The summed E-state index contributed by atoms with van der Waals surface area (Å²) in [7, 11) is 1.48. The highest BCUT2D eigenvalue weighted by Gasteiger charge is 2.75. The van der Waals surface area contributed by atoms with Crippen LogP contribution in [0.2, 0.25) is 15.1 Å². The fraction of sp³-hybridized carbons (Fsp3) is 0.391. The summed E-state index contributed by atoms with van der Waals surface area (Å²) < 4.78 is 5.29. The average Bonchev–Trinajstić information content (AvgIpc) is 3.44. The molecule has 4 heterocycles. The van der Waals surface area contributed by atoms with Crippen molar-refractivity contribution in [3.63, 3.8) is 0 Å². The van der Waals surface area contributed by atoms with Gasteiger partial charge in [0.05, 0.1) is 35.3 Å². The lowest BCUT2D eigenvalue weighted by Gasteiger charge is -2.41. The Balaban J connectivity index is 1.56. The fourth-order valence-corrected chi connectivity index (χ4v) is 7.53. The molecule has 11 heteroatoms. The summed E-state index contributed by atoms with van der Waals surface area (Å²) in [5.41, 5.74) is 0.153. The Labute approximate surface area is 215 Å². The maximum absolute atomic E-state index is 14.1. The molecule has 5 unspecified atom stereocenters. The molecule has 2 aromatic carbocycles. The lowest BCUT2D eigenvalue weighted by molar-refractivity contribution is -0.127. The molecule has 178 valence electrons. The van der Waals surface area contributed by atoms with Gasteiger partial charge in [0.1, 0.15) is 17.5 Å². The third-order valence-electron chi connectivity index (χ3n) is 7.54. The highest BCUT2D eigenvalue weighted by molar-refractivity contribution is 6.37. The van der Waals surface area contributed by atoms with Gasteiger partial charge < -0.3 is 15.2 Å². The van der Waals surface area contributed by atoms with E-state index in [0.29, 0.717) is 50.7 Å². The van der Waals surface area contributed by atoms with Crippen LogP contribution < -0.4 is 15.0 Å². The van der Waals surface area contributed by atoms with Crippen molar-refractivity contribution in [1.82, 2.24) is 4.90 Å². The number of imide groups is 1. The van der Waals surface area contributed by atoms with E-state index in [4.69, 9.17) is 51.1 Å². The zero-order chi connectivity index (χ0) is 24.1. The smallest absolute Gasteiger partial charge is 0.240 e. The molecule has 4 aliphatic heterocycles. The first-order chi connectivity index (χ1) is 16.2. The number of nitrogens with zero attached hydrogens (tertiary/aromatic N) is 2. The Morgan fingerprint density at radius 1 is 1.09 bits per heavy atom. The van der Waals surface area contributed by atoms with Gasteiger partial charge in [-0.2, -0.15) is 0 Å². The lowest BCUT2D eigenvalue weighted by Crippen LogP contribution is -2.56. The number of benzene rings is 2. The van der Waals surface area contributed by atoms with Crippen LogP contribution in [0.25, 0.3) is 0 Å². The first-order valence-corrected chi connectivity index (χ1v) is 12.3. The van der Waals surface area contributed by atoms with Gasteiger partial charge in [-0.25, -0.2) is 4.90 Å². The largest absolute Gasteiger partial charge is 0.497 e. The van der Waals surface area contributed by atoms with E-state index in [1.165, 1.54) is 7.11 Å². The number of aliphatic hydroxyl groups excluding tert-OH is 1. The van der Waals surface area contributed by atoms with E-state index >= 15 is 0 Å². The number of aliphatic hydroxyl groups is 1.